The quantitative estimate of drug-likeness (QED) is 0.242. The van der Waals surface area contributed by atoms with E-state index in [2.05, 4.69) is 93.7 Å². The number of fused-ring (bicyclic) bond motifs is 5. The van der Waals surface area contributed by atoms with Crippen LogP contribution in [0.1, 0.15) is 24.8 Å². The van der Waals surface area contributed by atoms with Gasteiger partial charge in [0.2, 0.25) is 0 Å². The van der Waals surface area contributed by atoms with Gasteiger partial charge in [0.05, 0.1) is 22.8 Å². The van der Waals surface area contributed by atoms with Gasteiger partial charge in [-0.3, -0.25) is 9.55 Å². The average molecular weight is 533 g/mol. The van der Waals surface area contributed by atoms with Crippen molar-refractivity contribution in [2.75, 3.05) is 5.32 Å². The first kappa shape index (κ1) is 23.8. The van der Waals surface area contributed by atoms with E-state index < -0.39 is 0 Å². The van der Waals surface area contributed by atoms with Gasteiger partial charge >= 0.3 is 0 Å². The number of nitrogens with zero attached hydrogens (tertiary/aromatic N) is 4. The number of aromatic nitrogens is 4. The van der Waals surface area contributed by atoms with E-state index in [0.717, 1.165) is 75.1 Å². The minimum atomic E-state index is -0.211. The zero-order valence-corrected chi connectivity index (χ0v) is 22.5. The summed E-state index contributed by atoms with van der Waals surface area (Å²) in [6.45, 7) is 0. The van der Waals surface area contributed by atoms with Crippen molar-refractivity contribution in [3.63, 3.8) is 0 Å². The fraction of sp³-hybridized carbons (Fsp3) is 0.114. The predicted octanol–water partition coefficient (Wildman–Crippen LogP) is 7.73. The number of nitrogens with two attached hydrogens (primary N) is 1. The molecular formula is C35H28N6. The molecule has 6 heteroatoms. The van der Waals surface area contributed by atoms with Crippen molar-refractivity contribution in [2.24, 2.45) is 5.73 Å². The van der Waals surface area contributed by atoms with Gasteiger partial charge in [0.15, 0.2) is 5.82 Å². The summed E-state index contributed by atoms with van der Waals surface area (Å²) in [5, 5.41) is 3.55. The van der Waals surface area contributed by atoms with E-state index in [1.165, 1.54) is 12.0 Å². The first-order valence-electron chi connectivity index (χ1n) is 14.0. The molecule has 4 heterocycles. The lowest BCUT2D eigenvalue weighted by Gasteiger charge is -2.38. The van der Waals surface area contributed by atoms with Gasteiger partial charge in [0.25, 0.3) is 0 Å². The first-order valence-corrected chi connectivity index (χ1v) is 14.0. The molecule has 6 nitrogen and oxygen atoms in total. The lowest BCUT2D eigenvalue weighted by atomic mass is 9.72. The maximum Gasteiger partial charge on any atom is 0.154 e. The van der Waals surface area contributed by atoms with Crippen molar-refractivity contribution in [1.82, 2.24) is 19.5 Å². The van der Waals surface area contributed by atoms with Crippen molar-refractivity contribution in [2.45, 2.75) is 24.8 Å². The third-order valence-electron chi connectivity index (χ3n) is 8.46. The molecule has 0 spiro atoms. The summed E-state index contributed by atoms with van der Waals surface area (Å²) in [5.41, 5.74) is 16.9. The Bertz CT molecular complexity index is 1880. The number of hydrogen-bond donors (Lipinski definition) is 2. The fourth-order valence-electron chi connectivity index (χ4n) is 6.05. The van der Waals surface area contributed by atoms with Crippen LogP contribution in [0.25, 0.3) is 50.7 Å². The van der Waals surface area contributed by atoms with E-state index in [1.54, 1.807) is 6.20 Å². The third-order valence-corrected chi connectivity index (χ3v) is 8.46. The molecule has 0 bridgehead atoms. The Kier molecular flexibility index (Phi) is 5.37. The molecule has 3 aromatic carbocycles. The summed E-state index contributed by atoms with van der Waals surface area (Å²) in [6, 6.07) is 33.8. The second-order valence-electron chi connectivity index (χ2n) is 10.9. The van der Waals surface area contributed by atoms with E-state index in [1.807, 2.05) is 30.6 Å². The molecule has 3 N–H and O–H groups in total. The van der Waals surface area contributed by atoms with E-state index in [4.69, 9.17) is 15.7 Å². The number of para-hydroxylation sites is 1. The Morgan fingerprint density at radius 3 is 2.24 bits per heavy atom. The number of anilines is 2. The number of rotatable bonds is 4. The second-order valence-corrected chi connectivity index (χ2v) is 10.9. The topological polar surface area (TPSA) is 81.7 Å². The highest BCUT2D eigenvalue weighted by molar-refractivity contribution is 5.91. The molecule has 8 rings (SSSR count). The average Bonchev–Trinajstić information content (AvgIpc) is 3.35. The zero-order valence-electron chi connectivity index (χ0n) is 22.5. The van der Waals surface area contributed by atoms with Crippen LogP contribution in [0.2, 0.25) is 0 Å². The van der Waals surface area contributed by atoms with Gasteiger partial charge in [0.1, 0.15) is 5.82 Å². The van der Waals surface area contributed by atoms with E-state index >= 15 is 0 Å². The Labute approximate surface area is 238 Å². The summed E-state index contributed by atoms with van der Waals surface area (Å²) >= 11 is 0. The highest BCUT2D eigenvalue weighted by Gasteiger charge is 2.34. The summed E-state index contributed by atoms with van der Waals surface area (Å²) < 4.78 is 2.25. The van der Waals surface area contributed by atoms with Crippen molar-refractivity contribution in [3.05, 3.63) is 121 Å². The van der Waals surface area contributed by atoms with Crippen LogP contribution in [0.4, 0.5) is 11.5 Å². The maximum atomic E-state index is 6.69. The molecule has 0 saturated heterocycles. The molecule has 1 aliphatic carbocycles. The molecule has 6 aromatic rings. The monoisotopic (exact) mass is 532 g/mol. The Morgan fingerprint density at radius 1 is 0.732 bits per heavy atom. The number of benzene rings is 3. The molecular weight excluding hydrogens is 504 g/mol. The van der Waals surface area contributed by atoms with Crippen LogP contribution in [-0.2, 0) is 5.54 Å². The Balaban J connectivity index is 1.37. The summed E-state index contributed by atoms with van der Waals surface area (Å²) in [7, 11) is 0. The Morgan fingerprint density at radius 2 is 1.49 bits per heavy atom. The Hall–Kier alpha value is -5.07. The molecule has 198 valence electrons. The number of nitrogens with one attached hydrogen (secondary N) is 1. The minimum Gasteiger partial charge on any atom is -0.338 e. The van der Waals surface area contributed by atoms with Crippen LogP contribution >= 0.6 is 0 Å². The van der Waals surface area contributed by atoms with Gasteiger partial charge in [-0.2, -0.15) is 0 Å². The molecule has 41 heavy (non-hydrogen) atoms. The van der Waals surface area contributed by atoms with Crippen molar-refractivity contribution < 1.29 is 0 Å². The second kappa shape index (κ2) is 9.25. The predicted molar refractivity (Wildman–Crippen MR) is 164 cm³/mol. The van der Waals surface area contributed by atoms with E-state index in [-0.39, 0.29) is 5.54 Å². The van der Waals surface area contributed by atoms with Crippen LogP contribution in [-0.4, -0.2) is 19.5 Å². The third kappa shape index (κ3) is 3.87. The van der Waals surface area contributed by atoms with Gasteiger partial charge in [-0.05, 0) is 66.3 Å². The summed E-state index contributed by atoms with van der Waals surface area (Å²) in [6.07, 6.45) is 8.76. The molecule has 0 atom stereocenters. The first-order chi connectivity index (χ1) is 20.2. The zero-order chi connectivity index (χ0) is 27.4. The lowest BCUT2D eigenvalue weighted by molar-refractivity contribution is 0.253. The van der Waals surface area contributed by atoms with Gasteiger partial charge in [0, 0.05) is 40.8 Å². The van der Waals surface area contributed by atoms with Crippen LogP contribution in [0.5, 0.6) is 0 Å². The summed E-state index contributed by atoms with van der Waals surface area (Å²) in [5.74, 6) is 1.67. The highest BCUT2D eigenvalue weighted by atomic mass is 15.2. The molecule has 0 radical (unpaired) electrons. The van der Waals surface area contributed by atoms with Crippen molar-refractivity contribution >= 4 is 11.5 Å². The van der Waals surface area contributed by atoms with Crippen molar-refractivity contribution in [1.29, 1.82) is 0 Å². The molecule has 0 unspecified atom stereocenters. The van der Waals surface area contributed by atoms with Crippen LogP contribution in [0, 0.1) is 0 Å². The van der Waals surface area contributed by atoms with Crippen LogP contribution in [0.15, 0.2) is 116 Å². The van der Waals surface area contributed by atoms with E-state index in [0.29, 0.717) is 0 Å². The fourth-order valence-corrected chi connectivity index (χ4v) is 6.05. The molecule has 0 amide bonds. The molecule has 1 fully saturated rings. The van der Waals surface area contributed by atoms with Crippen molar-refractivity contribution in [3.8, 4) is 50.7 Å². The van der Waals surface area contributed by atoms with E-state index in [9.17, 15) is 0 Å². The standard InChI is InChI=1S/C35H28N6/c36-35(18-5-19-35)27-16-14-25(15-17-27)32-31(24-12-10-23(11-13-24)26-6-3-20-37-22-26)40-34-28-7-1-2-8-29(28)39-33-30(41(32)34)9-4-21-38-33/h1-4,6-17,20-22H,5,18-19,36H2,(H,38,39). The van der Waals surface area contributed by atoms with Crippen LogP contribution < -0.4 is 11.1 Å². The normalized spacial score (nSPS) is 14.6. The maximum absolute atomic E-state index is 6.69. The highest BCUT2D eigenvalue weighted by Crippen LogP contribution is 2.45. The van der Waals surface area contributed by atoms with Gasteiger partial charge in [-0.25, -0.2) is 9.97 Å². The molecule has 3 aromatic heterocycles. The number of hydrogen-bond acceptors (Lipinski definition) is 5. The largest absolute Gasteiger partial charge is 0.338 e. The molecule has 1 aliphatic heterocycles. The van der Waals surface area contributed by atoms with Crippen LogP contribution in [0.3, 0.4) is 0 Å². The van der Waals surface area contributed by atoms with Gasteiger partial charge in [-0.15, -0.1) is 0 Å². The SMILES string of the molecule is NC1(c2ccc(-c3c(-c4ccc(-c5cccnc5)cc4)nc4n3-c3cccnc3Nc3ccccc3-4)cc2)CCC1. The minimum absolute atomic E-state index is 0.211. The van der Waals surface area contributed by atoms with Gasteiger partial charge < -0.3 is 11.1 Å². The summed E-state index contributed by atoms with van der Waals surface area (Å²) in [4.78, 5) is 14.4. The smallest absolute Gasteiger partial charge is 0.154 e. The number of imidazole rings is 1. The number of pyridine rings is 2. The molecule has 2 aliphatic rings. The van der Waals surface area contributed by atoms with Gasteiger partial charge in [-0.1, -0.05) is 66.7 Å². The molecule has 1 saturated carbocycles. The lowest BCUT2D eigenvalue weighted by Crippen LogP contribution is -2.43.